The summed E-state index contributed by atoms with van der Waals surface area (Å²) in [4.78, 5) is 11.7. The fourth-order valence-corrected chi connectivity index (χ4v) is 1.96. The third-order valence-electron chi connectivity index (χ3n) is 2.79. The van der Waals surface area contributed by atoms with Crippen LogP contribution in [-0.4, -0.2) is 54.8 Å². The van der Waals surface area contributed by atoms with Crippen molar-refractivity contribution in [2.24, 2.45) is 5.73 Å². The van der Waals surface area contributed by atoms with Crippen molar-refractivity contribution in [2.45, 2.75) is 18.9 Å². The summed E-state index contributed by atoms with van der Waals surface area (Å²) in [6.45, 7) is 3.83. The molecule has 1 unspecified atom stereocenters. The number of nitrogens with zero attached hydrogens (tertiary/aromatic N) is 2. The lowest BCUT2D eigenvalue weighted by Gasteiger charge is -2.40. The first-order valence-corrected chi connectivity index (χ1v) is 5.18. The molecule has 2 rings (SSSR count). The number of piperidine rings is 1. The molecule has 2 fully saturated rings. The average molecular weight is 199 g/mol. The van der Waals surface area contributed by atoms with Crippen LogP contribution in [0.3, 0.4) is 0 Å². The molecule has 0 radical (unpaired) electrons. The van der Waals surface area contributed by atoms with Gasteiger partial charge in [-0.25, -0.2) is 5.01 Å². The van der Waals surface area contributed by atoms with Crippen LogP contribution in [0.5, 0.6) is 0 Å². The maximum atomic E-state index is 11.7. The van der Waals surface area contributed by atoms with Crippen LogP contribution in [-0.2, 0) is 9.53 Å². The van der Waals surface area contributed by atoms with E-state index >= 15 is 0 Å². The topological polar surface area (TPSA) is 58.8 Å². The number of nitrogens with two attached hydrogens (primary N) is 1. The number of morpholine rings is 1. The van der Waals surface area contributed by atoms with E-state index in [-0.39, 0.29) is 11.9 Å². The largest absolute Gasteiger partial charge is 0.379 e. The summed E-state index contributed by atoms with van der Waals surface area (Å²) in [6, 6.07) is -0.299. The normalized spacial score (nSPS) is 30.8. The molecule has 1 atom stereocenters. The predicted molar refractivity (Wildman–Crippen MR) is 51.3 cm³/mol. The minimum absolute atomic E-state index is 0.0677. The van der Waals surface area contributed by atoms with Crippen molar-refractivity contribution in [2.75, 3.05) is 32.8 Å². The Morgan fingerprint density at radius 3 is 2.71 bits per heavy atom. The zero-order valence-corrected chi connectivity index (χ0v) is 8.32. The van der Waals surface area contributed by atoms with Gasteiger partial charge in [-0.3, -0.25) is 9.80 Å². The number of ether oxygens (including phenoxy) is 1. The molecule has 14 heavy (non-hydrogen) atoms. The summed E-state index contributed by atoms with van der Waals surface area (Å²) in [6.07, 6.45) is 1.82. The van der Waals surface area contributed by atoms with E-state index in [0.29, 0.717) is 13.2 Å². The maximum Gasteiger partial charge on any atom is 0.253 e. The van der Waals surface area contributed by atoms with Crippen molar-refractivity contribution < 1.29 is 9.53 Å². The van der Waals surface area contributed by atoms with Crippen LogP contribution in [0.2, 0.25) is 0 Å². The number of hydrogen-bond donors (Lipinski definition) is 1. The van der Waals surface area contributed by atoms with Gasteiger partial charge >= 0.3 is 0 Å². The lowest BCUT2D eigenvalue weighted by Crippen LogP contribution is -2.58. The van der Waals surface area contributed by atoms with Crippen LogP contribution in [0.25, 0.3) is 0 Å². The molecule has 0 saturated carbocycles. The summed E-state index contributed by atoms with van der Waals surface area (Å²) in [7, 11) is 0. The second kappa shape index (κ2) is 4.25. The molecule has 80 valence electrons. The molecular formula is C9H17N3O2. The molecule has 2 aliphatic heterocycles. The summed E-state index contributed by atoms with van der Waals surface area (Å²) >= 11 is 0. The summed E-state index contributed by atoms with van der Waals surface area (Å²) in [5.41, 5.74) is 5.73. The van der Waals surface area contributed by atoms with E-state index in [2.05, 4.69) is 5.01 Å². The molecule has 0 aliphatic carbocycles. The monoisotopic (exact) mass is 199 g/mol. The Kier molecular flexibility index (Phi) is 3.00. The standard InChI is InChI=1S/C9H17N3O2/c10-8-2-1-3-12(9(8)13)11-4-6-14-7-5-11/h8H,1-7,10H2. The van der Waals surface area contributed by atoms with Gasteiger partial charge in [0, 0.05) is 19.6 Å². The fourth-order valence-electron chi connectivity index (χ4n) is 1.96. The molecule has 2 heterocycles. The molecule has 0 aromatic carbocycles. The third kappa shape index (κ3) is 1.89. The van der Waals surface area contributed by atoms with Gasteiger partial charge < -0.3 is 10.5 Å². The van der Waals surface area contributed by atoms with Crippen molar-refractivity contribution in [1.29, 1.82) is 0 Å². The van der Waals surface area contributed by atoms with E-state index < -0.39 is 0 Å². The quantitative estimate of drug-likeness (QED) is 0.599. The first-order valence-electron chi connectivity index (χ1n) is 5.18. The zero-order chi connectivity index (χ0) is 9.97. The molecule has 0 bridgehead atoms. The van der Waals surface area contributed by atoms with Crippen molar-refractivity contribution in [3.63, 3.8) is 0 Å². The van der Waals surface area contributed by atoms with E-state index in [1.807, 2.05) is 0 Å². The minimum atomic E-state index is -0.299. The highest BCUT2D eigenvalue weighted by atomic mass is 16.5. The van der Waals surface area contributed by atoms with E-state index in [4.69, 9.17) is 10.5 Å². The van der Waals surface area contributed by atoms with E-state index in [1.54, 1.807) is 5.01 Å². The highest BCUT2D eigenvalue weighted by Crippen LogP contribution is 2.13. The number of hydrazine groups is 1. The van der Waals surface area contributed by atoms with E-state index in [0.717, 1.165) is 32.5 Å². The van der Waals surface area contributed by atoms with Gasteiger partial charge in [0.15, 0.2) is 0 Å². The molecule has 5 heteroatoms. The van der Waals surface area contributed by atoms with Crippen molar-refractivity contribution in [1.82, 2.24) is 10.0 Å². The predicted octanol–water partition coefficient (Wildman–Crippen LogP) is -0.817. The second-order valence-corrected chi connectivity index (χ2v) is 3.78. The van der Waals surface area contributed by atoms with Gasteiger partial charge in [-0.1, -0.05) is 0 Å². The molecule has 1 amide bonds. The maximum absolute atomic E-state index is 11.7. The number of amides is 1. The van der Waals surface area contributed by atoms with Crippen LogP contribution >= 0.6 is 0 Å². The highest BCUT2D eigenvalue weighted by Gasteiger charge is 2.30. The molecule has 0 aromatic heterocycles. The van der Waals surface area contributed by atoms with Crippen LogP contribution < -0.4 is 5.73 Å². The van der Waals surface area contributed by atoms with Crippen LogP contribution in [0.4, 0.5) is 0 Å². The number of carbonyl (C=O) groups is 1. The lowest BCUT2D eigenvalue weighted by molar-refractivity contribution is -0.162. The fraction of sp³-hybridized carbons (Fsp3) is 0.889. The first-order chi connectivity index (χ1) is 6.79. The van der Waals surface area contributed by atoms with E-state index in [9.17, 15) is 4.79 Å². The number of rotatable bonds is 1. The molecule has 5 nitrogen and oxygen atoms in total. The van der Waals surface area contributed by atoms with Gasteiger partial charge in [0.05, 0.1) is 19.3 Å². The Bertz CT molecular complexity index is 216. The highest BCUT2D eigenvalue weighted by molar-refractivity contribution is 5.81. The molecule has 2 N–H and O–H groups in total. The Labute approximate surface area is 83.8 Å². The van der Waals surface area contributed by atoms with Gasteiger partial charge in [-0.2, -0.15) is 0 Å². The van der Waals surface area contributed by atoms with E-state index in [1.165, 1.54) is 0 Å². The Morgan fingerprint density at radius 2 is 2.00 bits per heavy atom. The molecule has 0 spiro atoms. The summed E-state index contributed by atoms with van der Waals surface area (Å²) in [5.74, 6) is 0.0677. The van der Waals surface area contributed by atoms with Crippen LogP contribution in [0, 0.1) is 0 Å². The summed E-state index contributed by atoms with van der Waals surface area (Å²) in [5, 5.41) is 3.86. The second-order valence-electron chi connectivity index (χ2n) is 3.78. The Hall–Kier alpha value is -0.650. The molecular weight excluding hydrogens is 182 g/mol. The molecule has 2 saturated heterocycles. The SMILES string of the molecule is NC1CCCN(N2CCOCC2)C1=O. The van der Waals surface area contributed by atoms with Gasteiger partial charge in [-0.15, -0.1) is 0 Å². The van der Waals surface area contributed by atoms with Crippen LogP contribution in [0.1, 0.15) is 12.8 Å². The molecule has 2 aliphatic rings. The van der Waals surface area contributed by atoms with Crippen molar-refractivity contribution in [3.8, 4) is 0 Å². The van der Waals surface area contributed by atoms with Gasteiger partial charge in [-0.05, 0) is 12.8 Å². The lowest BCUT2D eigenvalue weighted by atomic mass is 10.1. The average Bonchev–Trinajstić information content (AvgIpc) is 2.23. The van der Waals surface area contributed by atoms with Crippen LogP contribution in [0.15, 0.2) is 0 Å². The zero-order valence-electron chi connectivity index (χ0n) is 8.32. The summed E-state index contributed by atoms with van der Waals surface area (Å²) < 4.78 is 5.24. The van der Waals surface area contributed by atoms with Gasteiger partial charge in [0.25, 0.3) is 5.91 Å². The number of carbonyl (C=O) groups excluding carboxylic acids is 1. The smallest absolute Gasteiger partial charge is 0.253 e. The minimum Gasteiger partial charge on any atom is -0.379 e. The first kappa shape index (κ1) is 9.89. The van der Waals surface area contributed by atoms with Crippen molar-refractivity contribution in [3.05, 3.63) is 0 Å². The van der Waals surface area contributed by atoms with Crippen molar-refractivity contribution >= 4 is 5.91 Å². The van der Waals surface area contributed by atoms with Gasteiger partial charge in [0.2, 0.25) is 0 Å². The number of hydrogen-bond acceptors (Lipinski definition) is 4. The molecule has 0 aromatic rings. The Balaban J connectivity index is 1.97. The third-order valence-corrected chi connectivity index (χ3v) is 2.79. The van der Waals surface area contributed by atoms with Gasteiger partial charge in [0.1, 0.15) is 0 Å². The Morgan fingerprint density at radius 1 is 1.29 bits per heavy atom.